The Bertz CT molecular complexity index is 1100. The molecular formula is C23H30O7S. The maximum atomic E-state index is 13.2. The van der Waals surface area contributed by atoms with Crippen LogP contribution in [0.4, 0.5) is 0 Å². The first-order valence-electron chi connectivity index (χ1n) is 11.4. The van der Waals surface area contributed by atoms with Crippen molar-refractivity contribution in [3.63, 3.8) is 0 Å². The molecule has 0 radical (unpaired) electrons. The number of carbonyl (C=O) groups is 2. The van der Waals surface area contributed by atoms with Crippen LogP contribution in [0.25, 0.3) is 0 Å². The minimum Gasteiger partial charge on any atom is -0.381 e. The van der Waals surface area contributed by atoms with Crippen molar-refractivity contribution < 1.29 is 33.4 Å². The average molecular weight is 453 g/mol. The van der Waals surface area contributed by atoms with Crippen LogP contribution >= 0.6 is 0 Å². The normalized spacial score (nSPS) is 50.9. The number of allylic oxidation sites excluding steroid dienone is 2. The molecule has 5 rings (SSSR count). The number of ketones is 2. The molecule has 0 aromatic carbocycles. The zero-order valence-electron chi connectivity index (χ0n) is 19.3. The van der Waals surface area contributed by atoms with Gasteiger partial charge in [0, 0.05) is 10.8 Å². The van der Waals surface area contributed by atoms with Gasteiger partial charge in [0.25, 0.3) is 10.1 Å². The van der Waals surface area contributed by atoms with Crippen molar-refractivity contribution in [2.45, 2.75) is 63.8 Å². The Hall–Kier alpha value is -1.35. The monoisotopic (exact) mass is 452 g/mol. The first kappa shape index (κ1) is 20.3. The number of aliphatic hydroxyl groups is 1. The van der Waals surface area contributed by atoms with Crippen LogP contribution in [-0.2, 0) is 28.6 Å². The van der Waals surface area contributed by atoms with Crippen LogP contribution in [0.5, 0.6) is 0 Å². The van der Waals surface area contributed by atoms with Gasteiger partial charge >= 0.3 is 0 Å². The molecule has 2 unspecified atom stereocenters. The smallest absolute Gasteiger partial charge is 0.264 e. The zero-order chi connectivity index (χ0) is 23.5. The lowest BCUT2D eigenvalue weighted by molar-refractivity contribution is -0.165. The highest BCUT2D eigenvalue weighted by Crippen LogP contribution is 2.76. The van der Waals surface area contributed by atoms with Gasteiger partial charge in [0.15, 0.2) is 11.6 Å². The fourth-order valence-corrected chi connectivity index (χ4v) is 8.08. The van der Waals surface area contributed by atoms with Crippen LogP contribution in [0, 0.1) is 28.6 Å². The van der Waals surface area contributed by atoms with Gasteiger partial charge in [-0.1, -0.05) is 25.5 Å². The molecular weight excluding hydrogens is 420 g/mol. The molecule has 0 amide bonds. The van der Waals surface area contributed by atoms with Gasteiger partial charge in [-0.3, -0.25) is 13.8 Å². The highest BCUT2D eigenvalue weighted by atomic mass is 32.2. The van der Waals surface area contributed by atoms with Crippen molar-refractivity contribution in [2.75, 3.05) is 12.9 Å². The van der Waals surface area contributed by atoms with Gasteiger partial charge in [0.2, 0.25) is 0 Å². The number of hydrogen-bond acceptors (Lipinski definition) is 7. The lowest BCUT2D eigenvalue weighted by atomic mass is 9.46. The molecule has 1 saturated heterocycles. The van der Waals surface area contributed by atoms with Gasteiger partial charge in [-0.25, -0.2) is 0 Å². The summed E-state index contributed by atoms with van der Waals surface area (Å²) in [5.74, 6) is -1.19. The van der Waals surface area contributed by atoms with Crippen LogP contribution < -0.4 is 0 Å². The second-order valence-corrected chi connectivity index (χ2v) is 12.2. The molecule has 5 aliphatic rings. The maximum Gasteiger partial charge on any atom is 0.264 e. The minimum atomic E-state index is -3.81. The fraction of sp³-hybridized carbons (Fsp3) is 0.739. The third-order valence-electron chi connectivity index (χ3n) is 9.26. The Morgan fingerprint density at radius 3 is 2.77 bits per heavy atom. The molecule has 4 fully saturated rings. The van der Waals surface area contributed by atoms with Crippen LogP contribution in [0.15, 0.2) is 23.8 Å². The SMILES string of the molecule is [3H]C1=C[C@@]2(C)C(=CC1=O)CC[C@H]1[C@@H]3C[C@@H](C)[C@](O)(C(=O)COS(C)(=O)=O)[C@@]3(C)CC3OC312. The Balaban J connectivity index is 1.52. The van der Waals surface area contributed by atoms with Crippen molar-refractivity contribution in [3.8, 4) is 0 Å². The molecule has 1 heterocycles. The molecule has 1 aliphatic heterocycles. The molecule has 4 aliphatic carbocycles. The molecule has 8 heteroatoms. The summed E-state index contributed by atoms with van der Waals surface area (Å²) in [7, 11) is -3.81. The van der Waals surface area contributed by atoms with Crippen molar-refractivity contribution in [3.05, 3.63) is 23.8 Å². The summed E-state index contributed by atoms with van der Waals surface area (Å²) in [5, 5.41) is 11.8. The molecule has 1 N–H and O–H groups in total. The molecule has 1 spiro atoms. The van der Waals surface area contributed by atoms with Crippen LogP contribution in [-0.4, -0.2) is 55.3 Å². The molecule has 7 nitrogen and oxygen atoms in total. The van der Waals surface area contributed by atoms with E-state index in [-0.39, 0.29) is 35.7 Å². The summed E-state index contributed by atoms with van der Waals surface area (Å²) in [6, 6.07) is -0.0155. The first-order valence-corrected chi connectivity index (χ1v) is 12.7. The van der Waals surface area contributed by atoms with Crippen molar-refractivity contribution in [1.29, 1.82) is 0 Å². The quantitative estimate of drug-likeness (QED) is 0.513. The largest absolute Gasteiger partial charge is 0.381 e. The van der Waals surface area contributed by atoms with E-state index in [1.54, 1.807) is 12.2 Å². The number of carbonyl (C=O) groups excluding carboxylic acids is 2. The number of fused-ring (bicyclic) bond motifs is 3. The van der Waals surface area contributed by atoms with E-state index in [4.69, 9.17) is 10.3 Å². The third kappa shape index (κ3) is 2.53. The Labute approximate surface area is 184 Å². The van der Waals surface area contributed by atoms with Gasteiger partial charge in [0.05, 0.1) is 13.7 Å². The molecule has 31 heavy (non-hydrogen) atoms. The Kier molecular flexibility index (Phi) is 4.03. The topological polar surface area (TPSA) is 110 Å². The second-order valence-electron chi connectivity index (χ2n) is 10.6. The lowest BCUT2D eigenvalue weighted by Crippen LogP contribution is -2.62. The zero-order valence-corrected chi connectivity index (χ0v) is 19.1. The van der Waals surface area contributed by atoms with Gasteiger partial charge in [-0.05, 0) is 62.5 Å². The summed E-state index contributed by atoms with van der Waals surface area (Å²) in [4.78, 5) is 25.3. The third-order valence-corrected chi connectivity index (χ3v) is 9.80. The van der Waals surface area contributed by atoms with E-state index in [0.29, 0.717) is 19.3 Å². The van der Waals surface area contributed by atoms with E-state index < -0.39 is 44.5 Å². The molecule has 0 aromatic rings. The van der Waals surface area contributed by atoms with Gasteiger partial charge < -0.3 is 9.84 Å². The second kappa shape index (κ2) is 6.16. The number of rotatable bonds is 4. The standard InChI is InChI=1S/C23H30O7S/c1-13-9-17-16-6-5-14-10-15(24)7-8-20(14,2)23(16)19(30-23)11-21(17,3)22(13,26)18(25)12-29-31(4,27)28/h7-8,10,13,16-17,19,26H,5-6,9,11-12H2,1-4H3/t13-,16+,17+,19?,20+,21+,22+,23?/m1/s1/i7T. The van der Waals surface area contributed by atoms with E-state index in [1.165, 1.54) is 0 Å². The van der Waals surface area contributed by atoms with E-state index in [1.807, 2.05) is 20.8 Å². The molecule has 3 saturated carbocycles. The summed E-state index contributed by atoms with van der Waals surface area (Å²) in [6.45, 7) is 5.14. The van der Waals surface area contributed by atoms with Crippen LogP contribution in [0.3, 0.4) is 0 Å². The van der Waals surface area contributed by atoms with E-state index in [2.05, 4.69) is 0 Å². The number of hydrogen-bond donors (Lipinski definition) is 1. The highest BCUT2D eigenvalue weighted by molar-refractivity contribution is 7.86. The fourth-order valence-electron chi connectivity index (χ4n) is 7.76. The van der Waals surface area contributed by atoms with E-state index in [9.17, 15) is 23.1 Å². The maximum absolute atomic E-state index is 13.2. The minimum absolute atomic E-state index is 0.0120. The van der Waals surface area contributed by atoms with E-state index >= 15 is 0 Å². The predicted octanol–water partition coefficient (Wildman–Crippen LogP) is 1.95. The summed E-state index contributed by atoms with van der Waals surface area (Å²) < 4.78 is 42.2. The number of ether oxygens (including phenoxy) is 1. The Morgan fingerprint density at radius 2 is 2.10 bits per heavy atom. The first-order chi connectivity index (χ1) is 14.7. The number of Topliss-reactive ketones (excluding diaryl/α,β-unsaturated/α-hetero) is 1. The summed E-state index contributed by atoms with van der Waals surface area (Å²) in [6.07, 6.45) is 6.58. The average Bonchev–Trinajstić information content (AvgIpc) is 3.37. The van der Waals surface area contributed by atoms with Crippen molar-refractivity contribution in [2.24, 2.45) is 28.6 Å². The Morgan fingerprint density at radius 1 is 1.39 bits per heavy atom. The van der Waals surface area contributed by atoms with Gasteiger partial charge in [-0.15, -0.1) is 0 Å². The summed E-state index contributed by atoms with van der Waals surface area (Å²) in [5.41, 5.74) is -2.59. The predicted molar refractivity (Wildman–Crippen MR) is 111 cm³/mol. The highest BCUT2D eigenvalue weighted by Gasteiger charge is 2.81. The van der Waals surface area contributed by atoms with Crippen LogP contribution in [0.2, 0.25) is 0 Å². The van der Waals surface area contributed by atoms with Gasteiger partial charge in [0.1, 0.15) is 17.8 Å². The molecule has 8 atom stereocenters. The van der Waals surface area contributed by atoms with E-state index in [0.717, 1.165) is 18.2 Å². The van der Waals surface area contributed by atoms with Crippen molar-refractivity contribution >= 4 is 21.7 Å². The van der Waals surface area contributed by atoms with Crippen molar-refractivity contribution in [1.82, 2.24) is 0 Å². The lowest BCUT2D eigenvalue weighted by Gasteiger charge is -2.55. The molecule has 170 valence electrons. The van der Waals surface area contributed by atoms with Gasteiger partial charge in [-0.2, -0.15) is 8.42 Å². The molecule has 0 bridgehead atoms. The number of epoxide rings is 1. The van der Waals surface area contributed by atoms with Crippen LogP contribution in [0.1, 0.15) is 47.8 Å². The molecule has 0 aromatic heterocycles. The summed E-state index contributed by atoms with van der Waals surface area (Å²) >= 11 is 0.